The topological polar surface area (TPSA) is 70.3 Å². The number of phenolic OH excluding ortho intramolecular Hbond substituents is 1. The molecule has 100 valence electrons. The molecule has 0 aromatic heterocycles. The van der Waals surface area contributed by atoms with Gasteiger partial charge in [0.1, 0.15) is 17.4 Å². The Hall–Kier alpha value is -2.28. The first kappa shape index (κ1) is 14.8. The zero-order valence-electron chi connectivity index (χ0n) is 11.4. The smallest absolute Gasteiger partial charge is 0.348 e. The quantitative estimate of drug-likeness (QED) is 0.512. The minimum absolute atomic E-state index is 0.0436. The van der Waals surface area contributed by atoms with E-state index in [-0.39, 0.29) is 11.3 Å². The van der Waals surface area contributed by atoms with Crippen LogP contribution in [-0.2, 0) is 9.53 Å². The van der Waals surface area contributed by atoms with Crippen LogP contribution in [0.15, 0.2) is 17.7 Å². The van der Waals surface area contributed by atoms with Gasteiger partial charge in [-0.1, -0.05) is 6.92 Å². The number of hydrogen-bond acceptors (Lipinski definition) is 4. The summed E-state index contributed by atoms with van der Waals surface area (Å²) in [7, 11) is 0. The van der Waals surface area contributed by atoms with Crippen LogP contribution < -0.4 is 0 Å². The molecule has 1 aromatic carbocycles. The molecule has 0 bridgehead atoms. The van der Waals surface area contributed by atoms with Crippen LogP contribution >= 0.6 is 0 Å². The largest absolute Gasteiger partial charge is 0.507 e. The van der Waals surface area contributed by atoms with Crippen molar-refractivity contribution in [2.24, 2.45) is 0 Å². The molecule has 0 heterocycles. The predicted molar refractivity (Wildman–Crippen MR) is 72.4 cm³/mol. The SMILES string of the molecule is CCCOC(=O)C(C#N)=Cc1cc(C)c(O)c(C)c1. The number of rotatable bonds is 4. The lowest BCUT2D eigenvalue weighted by Gasteiger charge is -2.06. The number of carbonyl (C=O) groups is 1. The van der Waals surface area contributed by atoms with Crippen LogP contribution in [0.4, 0.5) is 0 Å². The first-order chi connectivity index (χ1) is 8.99. The molecule has 4 heteroatoms. The second kappa shape index (κ2) is 6.60. The Morgan fingerprint density at radius 1 is 1.42 bits per heavy atom. The van der Waals surface area contributed by atoms with Crippen LogP contribution in [0.1, 0.15) is 30.0 Å². The van der Waals surface area contributed by atoms with Crippen molar-refractivity contribution in [3.8, 4) is 11.8 Å². The highest BCUT2D eigenvalue weighted by Crippen LogP contribution is 2.24. The maximum absolute atomic E-state index is 11.6. The van der Waals surface area contributed by atoms with E-state index in [9.17, 15) is 9.90 Å². The molecule has 1 N–H and O–H groups in total. The standard InChI is InChI=1S/C15H17NO3/c1-4-5-19-15(18)13(9-16)8-12-6-10(2)14(17)11(3)7-12/h6-8,17H,4-5H2,1-3H3. The Kier molecular flexibility index (Phi) is 5.13. The predicted octanol–water partition coefficient (Wildman–Crippen LogP) is 2.87. The van der Waals surface area contributed by atoms with Gasteiger partial charge < -0.3 is 9.84 Å². The number of aromatic hydroxyl groups is 1. The number of aryl methyl sites for hydroxylation is 2. The van der Waals surface area contributed by atoms with Crippen molar-refractivity contribution in [3.63, 3.8) is 0 Å². The summed E-state index contributed by atoms with van der Waals surface area (Å²) in [6.07, 6.45) is 2.18. The normalized spacial score (nSPS) is 10.9. The van der Waals surface area contributed by atoms with Gasteiger partial charge in [0.2, 0.25) is 0 Å². The third kappa shape index (κ3) is 3.85. The number of phenols is 1. The molecule has 0 spiro atoms. The Bertz CT molecular complexity index is 530. The molecule has 0 saturated heterocycles. The van der Waals surface area contributed by atoms with Crippen molar-refractivity contribution in [1.29, 1.82) is 5.26 Å². The van der Waals surface area contributed by atoms with E-state index in [0.717, 1.165) is 0 Å². The molecule has 0 aliphatic rings. The lowest BCUT2D eigenvalue weighted by molar-refractivity contribution is -0.138. The fraction of sp³-hybridized carbons (Fsp3) is 0.333. The van der Waals surface area contributed by atoms with Gasteiger partial charge in [0.25, 0.3) is 0 Å². The molecule has 0 radical (unpaired) electrons. The van der Waals surface area contributed by atoms with Gasteiger partial charge in [-0.05, 0) is 55.2 Å². The van der Waals surface area contributed by atoms with Crippen LogP contribution in [0.2, 0.25) is 0 Å². The second-order valence-electron chi connectivity index (χ2n) is 4.31. The van der Waals surface area contributed by atoms with Gasteiger partial charge in [-0.2, -0.15) is 5.26 Å². The highest BCUT2D eigenvalue weighted by Gasteiger charge is 2.11. The third-order valence-corrected chi connectivity index (χ3v) is 2.60. The van der Waals surface area contributed by atoms with Gasteiger partial charge in [0, 0.05) is 0 Å². The molecule has 1 rings (SSSR count). The van der Waals surface area contributed by atoms with E-state index in [0.29, 0.717) is 29.7 Å². The molecule has 19 heavy (non-hydrogen) atoms. The van der Waals surface area contributed by atoms with E-state index >= 15 is 0 Å². The minimum Gasteiger partial charge on any atom is -0.507 e. The van der Waals surface area contributed by atoms with Gasteiger partial charge in [-0.15, -0.1) is 0 Å². The number of nitrogens with zero attached hydrogens (tertiary/aromatic N) is 1. The molecule has 0 aliphatic heterocycles. The van der Waals surface area contributed by atoms with Crippen LogP contribution in [0, 0.1) is 25.2 Å². The summed E-state index contributed by atoms with van der Waals surface area (Å²) in [6.45, 7) is 5.71. The summed E-state index contributed by atoms with van der Waals surface area (Å²) in [5, 5.41) is 18.7. The van der Waals surface area contributed by atoms with Crippen LogP contribution in [0.5, 0.6) is 5.75 Å². The highest BCUT2D eigenvalue weighted by molar-refractivity contribution is 5.97. The molecule has 0 aliphatic carbocycles. The summed E-state index contributed by atoms with van der Waals surface area (Å²) < 4.78 is 4.92. The molecule has 0 atom stereocenters. The van der Waals surface area contributed by atoms with Crippen molar-refractivity contribution in [2.45, 2.75) is 27.2 Å². The minimum atomic E-state index is -0.618. The molecule has 0 saturated carbocycles. The Labute approximate surface area is 112 Å². The number of ether oxygens (including phenoxy) is 1. The number of nitriles is 1. The first-order valence-electron chi connectivity index (χ1n) is 6.08. The van der Waals surface area contributed by atoms with Gasteiger partial charge in [0.05, 0.1) is 6.61 Å². The number of carbonyl (C=O) groups excluding carboxylic acids is 1. The van der Waals surface area contributed by atoms with Crippen LogP contribution in [0.25, 0.3) is 6.08 Å². The lowest BCUT2D eigenvalue weighted by Crippen LogP contribution is -2.07. The van der Waals surface area contributed by atoms with E-state index in [2.05, 4.69) is 0 Å². The monoisotopic (exact) mass is 259 g/mol. The van der Waals surface area contributed by atoms with Crippen LogP contribution in [-0.4, -0.2) is 17.7 Å². The van der Waals surface area contributed by atoms with E-state index < -0.39 is 5.97 Å². The summed E-state index contributed by atoms with van der Waals surface area (Å²) in [4.78, 5) is 11.6. The summed E-state index contributed by atoms with van der Waals surface area (Å²) >= 11 is 0. The molecule has 0 amide bonds. The number of benzene rings is 1. The first-order valence-corrected chi connectivity index (χ1v) is 6.08. The Morgan fingerprint density at radius 3 is 2.47 bits per heavy atom. The Morgan fingerprint density at radius 2 is 2.00 bits per heavy atom. The highest BCUT2D eigenvalue weighted by atomic mass is 16.5. The maximum Gasteiger partial charge on any atom is 0.348 e. The maximum atomic E-state index is 11.6. The van der Waals surface area contributed by atoms with Crippen LogP contribution in [0.3, 0.4) is 0 Å². The van der Waals surface area contributed by atoms with Crippen molar-refractivity contribution in [1.82, 2.24) is 0 Å². The zero-order chi connectivity index (χ0) is 14.4. The van der Waals surface area contributed by atoms with Crippen molar-refractivity contribution in [3.05, 3.63) is 34.4 Å². The number of esters is 1. The summed E-state index contributed by atoms with van der Waals surface area (Å²) in [5.74, 6) is -0.392. The fourth-order valence-corrected chi connectivity index (χ4v) is 1.65. The molecule has 1 aromatic rings. The van der Waals surface area contributed by atoms with E-state index in [4.69, 9.17) is 10.00 Å². The van der Waals surface area contributed by atoms with Gasteiger partial charge in [-0.25, -0.2) is 4.79 Å². The second-order valence-corrected chi connectivity index (χ2v) is 4.31. The van der Waals surface area contributed by atoms with Gasteiger partial charge in [-0.3, -0.25) is 0 Å². The van der Waals surface area contributed by atoms with E-state index in [1.807, 2.05) is 13.0 Å². The number of hydrogen-bond donors (Lipinski definition) is 1. The Balaban J connectivity index is 3.05. The van der Waals surface area contributed by atoms with E-state index in [1.54, 1.807) is 26.0 Å². The van der Waals surface area contributed by atoms with Crippen molar-refractivity contribution >= 4 is 12.0 Å². The summed E-state index contributed by atoms with van der Waals surface area (Å²) in [6, 6.07) is 5.27. The molecular formula is C15H17NO3. The average Bonchev–Trinajstić information content (AvgIpc) is 2.39. The zero-order valence-corrected chi connectivity index (χ0v) is 11.4. The van der Waals surface area contributed by atoms with Crippen molar-refractivity contribution in [2.75, 3.05) is 6.61 Å². The third-order valence-electron chi connectivity index (χ3n) is 2.60. The average molecular weight is 259 g/mol. The molecular weight excluding hydrogens is 242 g/mol. The molecule has 4 nitrogen and oxygen atoms in total. The molecule has 0 fully saturated rings. The van der Waals surface area contributed by atoms with E-state index in [1.165, 1.54) is 6.08 Å². The summed E-state index contributed by atoms with van der Waals surface area (Å²) in [5.41, 5.74) is 2.05. The fourth-order valence-electron chi connectivity index (χ4n) is 1.65. The van der Waals surface area contributed by atoms with Crippen molar-refractivity contribution < 1.29 is 14.6 Å². The molecule has 0 unspecified atom stereocenters. The lowest BCUT2D eigenvalue weighted by atomic mass is 10.0. The van der Waals surface area contributed by atoms with Gasteiger partial charge in [0.15, 0.2) is 0 Å². The van der Waals surface area contributed by atoms with Gasteiger partial charge >= 0.3 is 5.97 Å².